The summed E-state index contributed by atoms with van der Waals surface area (Å²) in [7, 11) is 0. The SMILES string of the molecule is CCc1ccc(-n2cnc(-c3ccccc3)c2)cc1. The summed E-state index contributed by atoms with van der Waals surface area (Å²) in [5.41, 5.74) is 4.64. The largest absolute Gasteiger partial charge is 0.306 e. The molecule has 0 N–H and O–H groups in total. The fraction of sp³-hybridized carbons (Fsp3) is 0.118. The number of hydrogen-bond acceptors (Lipinski definition) is 1. The second kappa shape index (κ2) is 5.11. The van der Waals surface area contributed by atoms with Crippen LogP contribution in [0.3, 0.4) is 0 Å². The summed E-state index contributed by atoms with van der Waals surface area (Å²) in [5.74, 6) is 0. The summed E-state index contributed by atoms with van der Waals surface area (Å²) >= 11 is 0. The van der Waals surface area contributed by atoms with Crippen LogP contribution in [0.2, 0.25) is 0 Å². The van der Waals surface area contributed by atoms with E-state index in [0.717, 1.165) is 23.4 Å². The van der Waals surface area contributed by atoms with Gasteiger partial charge in [0.1, 0.15) is 0 Å². The molecule has 94 valence electrons. The normalized spacial score (nSPS) is 10.6. The van der Waals surface area contributed by atoms with Gasteiger partial charge in [0.15, 0.2) is 0 Å². The van der Waals surface area contributed by atoms with Crippen LogP contribution < -0.4 is 0 Å². The van der Waals surface area contributed by atoms with Crippen molar-refractivity contribution < 1.29 is 0 Å². The molecule has 0 radical (unpaired) electrons. The lowest BCUT2D eigenvalue weighted by molar-refractivity contribution is 1.05. The number of nitrogens with zero attached hydrogens (tertiary/aromatic N) is 2. The maximum atomic E-state index is 4.47. The molecule has 1 heterocycles. The van der Waals surface area contributed by atoms with E-state index in [1.165, 1.54) is 5.56 Å². The maximum absolute atomic E-state index is 4.47. The highest BCUT2D eigenvalue weighted by atomic mass is 15.0. The molecule has 0 amide bonds. The molecule has 19 heavy (non-hydrogen) atoms. The summed E-state index contributed by atoms with van der Waals surface area (Å²) in [6.07, 6.45) is 5.00. The van der Waals surface area contributed by atoms with Crippen LogP contribution in [0.15, 0.2) is 67.1 Å². The summed E-state index contributed by atoms with van der Waals surface area (Å²) in [4.78, 5) is 4.47. The minimum atomic E-state index is 1.00. The van der Waals surface area contributed by atoms with E-state index in [4.69, 9.17) is 0 Å². The number of hydrogen-bond donors (Lipinski definition) is 0. The molecule has 2 nitrogen and oxygen atoms in total. The van der Waals surface area contributed by atoms with Crippen molar-refractivity contribution >= 4 is 0 Å². The van der Waals surface area contributed by atoms with Crippen LogP contribution in [0.25, 0.3) is 16.9 Å². The van der Waals surface area contributed by atoms with E-state index in [-0.39, 0.29) is 0 Å². The third kappa shape index (κ3) is 2.43. The Balaban J connectivity index is 1.92. The van der Waals surface area contributed by atoms with Gasteiger partial charge >= 0.3 is 0 Å². The molecule has 0 saturated heterocycles. The second-order valence-corrected chi connectivity index (χ2v) is 4.55. The highest BCUT2D eigenvalue weighted by Gasteiger charge is 2.02. The van der Waals surface area contributed by atoms with Gasteiger partial charge in [0.05, 0.1) is 12.0 Å². The maximum Gasteiger partial charge on any atom is 0.0999 e. The Morgan fingerprint density at radius 3 is 2.37 bits per heavy atom. The van der Waals surface area contributed by atoms with Gasteiger partial charge in [0.2, 0.25) is 0 Å². The number of benzene rings is 2. The number of rotatable bonds is 3. The molecular formula is C17H16N2. The van der Waals surface area contributed by atoms with Gasteiger partial charge in [0, 0.05) is 17.4 Å². The molecule has 3 rings (SSSR count). The van der Waals surface area contributed by atoms with Crippen LogP contribution in [-0.2, 0) is 6.42 Å². The highest BCUT2D eigenvalue weighted by Crippen LogP contribution is 2.18. The fourth-order valence-electron chi connectivity index (χ4n) is 2.13. The monoisotopic (exact) mass is 248 g/mol. The van der Waals surface area contributed by atoms with Crippen LogP contribution in [0, 0.1) is 0 Å². The van der Waals surface area contributed by atoms with Gasteiger partial charge in [-0.1, -0.05) is 49.4 Å². The molecule has 0 aliphatic heterocycles. The van der Waals surface area contributed by atoms with Gasteiger partial charge in [-0.2, -0.15) is 0 Å². The average Bonchev–Trinajstić information content (AvgIpc) is 2.98. The molecule has 0 atom stereocenters. The van der Waals surface area contributed by atoms with Gasteiger partial charge in [-0.3, -0.25) is 0 Å². The quantitative estimate of drug-likeness (QED) is 0.682. The summed E-state index contributed by atoms with van der Waals surface area (Å²) < 4.78 is 2.06. The van der Waals surface area contributed by atoms with Crippen molar-refractivity contribution in [3.8, 4) is 16.9 Å². The first-order valence-corrected chi connectivity index (χ1v) is 6.55. The van der Waals surface area contributed by atoms with Gasteiger partial charge in [-0.25, -0.2) is 4.98 Å². The van der Waals surface area contributed by atoms with E-state index < -0.39 is 0 Å². The zero-order valence-electron chi connectivity index (χ0n) is 11.0. The van der Waals surface area contributed by atoms with Crippen molar-refractivity contribution in [3.63, 3.8) is 0 Å². The molecule has 0 saturated carbocycles. The second-order valence-electron chi connectivity index (χ2n) is 4.55. The first-order chi connectivity index (χ1) is 9.36. The topological polar surface area (TPSA) is 17.8 Å². The van der Waals surface area contributed by atoms with Gasteiger partial charge in [-0.15, -0.1) is 0 Å². The molecule has 0 unspecified atom stereocenters. The van der Waals surface area contributed by atoms with E-state index in [9.17, 15) is 0 Å². The standard InChI is InChI=1S/C17H16N2/c1-2-14-8-10-16(11-9-14)19-12-17(18-13-19)15-6-4-3-5-7-15/h3-13H,2H2,1H3. The lowest BCUT2D eigenvalue weighted by atomic mass is 10.1. The Morgan fingerprint density at radius 1 is 0.947 bits per heavy atom. The molecule has 0 aliphatic carbocycles. The highest BCUT2D eigenvalue weighted by molar-refractivity contribution is 5.58. The van der Waals surface area contributed by atoms with Crippen LogP contribution in [0.5, 0.6) is 0 Å². The predicted molar refractivity (Wildman–Crippen MR) is 78.4 cm³/mol. The molecule has 1 aromatic heterocycles. The number of aryl methyl sites for hydroxylation is 1. The molecule has 0 spiro atoms. The zero-order valence-corrected chi connectivity index (χ0v) is 11.0. The lowest BCUT2D eigenvalue weighted by Crippen LogP contribution is -1.90. The Labute approximate surface area is 113 Å². The molecule has 2 aromatic carbocycles. The van der Waals surface area contributed by atoms with Gasteiger partial charge in [0.25, 0.3) is 0 Å². The van der Waals surface area contributed by atoms with Crippen molar-refractivity contribution in [1.82, 2.24) is 9.55 Å². The zero-order chi connectivity index (χ0) is 13.1. The summed E-state index contributed by atoms with van der Waals surface area (Å²) in [5, 5.41) is 0. The molecule has 3 aromatic rings. The molecule has 2 heteroatoms. The molecular weight excluding hydrogens is 232 g/mol. The van der Waals surface area contributed by atoms with Crippen LogP contribution >= 0.6 is 0 Å². The Hall–Kier alpha value is -2.35. The van der Waals surface area contributed by atoms with Crippen LogP contribution in [0.1, 0.15) is 12.5 Å². The van der Waals surface area contributed by atoms with Crippen LogP contribution in [0.4, 0.5) is 0 Å². The van der Waals surface area contributed by atoms with Crippen molar-refractivity contribution in [2.75, 3.05) is 0 Å². The van der Waals surface area contributed by atoms with Crippen LogP contribution in [-0.4, -0.2) is 9.55 Å². The van der Waals surface area contributed by atoms with Crippen molar-refractivity contribution in [1.29, 1.82) is 0 Å². The third-order valence-corrected chi connectivity index (χ3v) is 3.29. The summed E-state index contributed by atoms with van der Waals surface area (Å²) in [6.45, 7) is 2.17. The van der Waals surface area contributed by atoms with E-state index >= 15 is 0 Å². The fourth-order valence-corrected chi connectivity index (χ4v) is 2.13. The van der Waals surface area contributed by atoms with E-state index in [0.29, 0.717) is 0 Å². The Morgan fingerprint density at radius 2 is 1.68 bits per heavy atom. The molecule has 0 aliphatic rings. The van der Waals surface area contributed by atoms with Crippen molar-refractivity contribution in [2.24, 2.45) is 0 Å². The Kier molecular flexibility index (Phi) is 3.15. The molecule has 0 bridgehead atoms. The van der Waals surface area contributed by atoms with Gasteiger partial charge < -0.3 is 4.57 Å². The van der Waals surface area contributed by atoms with Crippen molar-refractivity contribution in [3.05, 3.63) is 72.7 Å². The van der Waals surface area contributed by atoms with Gasteiger partial charge in [-0.05, 0) is 24.1 Å². The number of imidazole rings is 1. The lowest BCUT2D eigenvalue weighted by Gasteiger charge is -2.02. The predicted octanol–water partition coefficient (Wildman–Crippen LogP) is 4.10. The van der Waals surface area contributed by atoms with Crippen molar-refractivity contribution in [2.45, 2.75) is 13.3 Å². The third-order valence-electron chi connectivity index (χ3n) is 3.29. The Bertz CT molecular complexity index is 651. The first kappa shape index (κ1) is 11.7. The van der Waals surface area contributed by atoms with E-state index in [2.05, 4.69) is 59.1 Å². The number of aromatic nitrogens is 2. The smallest absolute Gasteiger partial charge is 0.0999 e. The first-order valence-electron chi connectivity index (χ1n) is 6.55. The van der Waals surface area contributed by atoms with E-state index in [1.54, 1.807) is 0 Å². The van der Waals surface area contributed by atoms with E-state index in [1.807, 2.05) is 24.5 Å². The minimum Gasteiger partial charge on any atom is -0.306 e. The summed E-state index contributed by atoms with van der Waals surface area (Å²) in [6, 6.07) is 18.8. The molecule has 0 fully saturated rings. The minimum absolute atomic E-state index is 1.00. The average molecular weight is 248 g/mol.